The van der Waals surface area contributed by atoms with Crippen molar-refractivity contribution in [2.75, 3.05) is 13.7 Å². The summed E-state index contributed by atoms with van der Waals surface area (Å²) in [6.45, 7) is 0.736. The maximum absolute atomic E-state index is 10.7. The summed E-state index contributed by atoms with van der Waals surface area (Å²) in [5, 5.41) is 0. The fraction of sp³-hybridized carbons (Fsp3) is 0.188. The Bertz CT molecular complexity index is 515. The highest BCUT2D eigenvalue weighted by Crippen LogP contribution is 2.20. The van der Waals surface area contributed by atoms with Gasteiger partial charge in [0, 0.05) is 12.7 Å². The van der Waals surface area contributed by atoms with Crippen LogP contribution in [0.1, 0.15) is 15.9 Å². The molecule has 2 heteroatoms. The Morgan fingerprint density at radius 2 is 1.83 bits per heavy atom. The van der Waals surface area contributed by atoms with Gasteiger partial charge < -0.3 is 4.74 Å². The van der Waals surface area contributed by atoms with Crippen LogP contribution < -0.4 is 0 Å². The molecule has 0 N–H and O–H groups in total. The van der Waals surface area contributed by atoms with Gasteiger partial charge in [0.1, 0.15) is 6.29 Å². The van der Waals surface area contributed by atoms with Gasteiger partial charge in [-0.1, -0.05) is 42.5 Å². The molecule has 2 nitrogen and oxygen atoms in total. The van der Waals surface area contributed by atoms with Crippen LogP contribution in [0.4, 0.5) is 0 Å². The van der Waals surface area contributed by atoms with Crippen molar-refractivity contribution >= 4 is 6.29 Å². The molecule has 2 rings (SSSR count). The third kappa shape index (κ3) is 3.05. The molecule has 0 aliphatic heterocycles. The number of carbonyl (C=O) groups is 1. The smallest absolute Gasteiger partial charge is 0.150 e. The SMILES string of the molecule is COCCc1ccc(-c2cccc(C=O)c2)cc1. The number of hydrogen-bond donors (Lipinski definition) is 0. The van der Waals surface area contributed by atoms with Crippen LogP contribution in [0.25, 0.3) is 11.1 Å². The summed E-state index contributed by atoms with van der Waals surface area (Å²) in [6, 6.07) is 16.0. The second-order valence-corrected chi connectivity index (χ2v) is 4.18. The summed E-state index contributed by atoms with van der Waals surface area (Å²) in [5.41, 5.74) is 4.15. The maximum atomic E-state index is 10.7. The van der Waals surface area contributed by atoms with Crippen LogP contribution in [0, 0.1) is 0 Å². The van der Waals surface area contributed by atoms with E-state index in [0.29, 0.717) is 5.56 Å². The Balaban J connectivity index is 2.20. The van der Waals surface area contributed by atoms with Gasteiger partial charge in [-0.05, 0) is 29.2 Å². The zero-order chi connectivity index (χ0) is 12.8. The Hall–Kier alpha value is -1.93. The van der Waals surface area contributed by atoms with Crippen LogP contribution >= 0.6 is 0 Å². The fourth-order valence-electron chi connectivity index (χ4n) is 1.88. The molecule has 0 aromatic heterocycles. The minimum absolute atomic E-state index is 0.705. The van der Waals surface area contributed by atoms with E-state index in [0.717, 1.165) is 30.4 Å². The first kappa shape index (κ1) is 12.5. The normalized spacial score (nSPS) is 10.3. The highest BCUT2D eigenvalue weighted by atomic mass is 16.5. The average molecular weight is 240 g/mol. The number of ether oxygens (including phenoxy) is 1. The monoisotopic (exact) mass is 240 g/mol. The van der Waals surface area contributed by atoms with Gasteiger partial charge in [0.15, 0.2) is 0 Å². The van der Waals surface area contributed by atoms with Gasteiger partial charge in [0.25, 0.3) is 0 Å². The molecule has 0 aliphatic carbocycles. The van der Waals surface area contributed by atoms with Gasteiger partial charge >= 0.3 is 0 Å². The molecule has 0 saturated carbocycles. The van der Waals surface area contributed by atoms with Crippen molar-refractivity contribution in [3.8, 4) is 11.1 Å². The lowest BCUT2D eigenvalue weighted by atomic mass is 10.0. The molecule has 0 bridgehead atoms. The lowest BCUT2D eigenvalue weighted by molar-refractivity contribution is 0.112. The number of methoxy groups -OCH3 is 1. The molecule has 0 fully saturated rings. The van der Waals surface area contributed by atoms with Crippen LogP contribution in [0.2, 0.25) is 0 Å². The van der Waals surface area contributed by atoms with Gasteiger partial charge in [-0.25, -0.2) is 0 Å². The van der Waals surface area contributed by atoms with E-state index in [1.54, 1.807) is 7.11 Å². The first-order valence-corrected chi connectivity index (χ1v) is 5.97. The van der Waals surface area contributed by atoms with E-state index in [-0.39, 0.29) is 0 Å². The Morgan fingerprint density at radius 3 is 2.50 bits per heavy atom. The van der Waals surface area contributed by atoms with Gasteiger partial charge in [0.05, 0.1) is 6.61 Å². The molecule has 18 heavy (non-hydrogen) atoms. The van der Waals surface area contributed by atoms with Gasteiger partial charge in [-0.3, -0.25) is 4.79 Å². The van der Waals surface area contributed by atoms with Crippen molar-refractivity contribution in [1.82, 2.24) is 0 Å². The zero-order valence-corrected chi connectivity index (χ0v) is 10.4. The molecule has 2 aromatic carbocycles. The van der Waals surface area contributed by atoms with E-state index in [2.05, 4.69) is 24.3 Å². The van der Waals surface area contributed by atoms with Crippen molar-refractivity contribution in [3.05, 3.63) is 59.7 Å². The molecule has 0 atom stereocenters. The van der Waals surface area contributed by atoms with Crippen molar-refractivity contribution in [2.24, 2.45) is 0 Å². The maximum Gasteiger partial charge on any atom is 0.150 e. The molecule has 0 spiro atoms. The zero-order valence-electron chi connectivity index (χ0n) is 10.4. The second-order valence-electron chi connectivity index (χ2n) is 4.18. The molecule has 2 aromatic rings. The van der Waals surface area contributed by atoms with Gasteiger partial charge in [-0.15, -0.1) is 0 Å². The van der Waals surface area contributed by atoms with Crippen LogP contribution in [-0.2, 0) is 11.2 Å². The third-order valence-electron chi connectivity index (χ3n) is 2.90. The minimum atomic E-state index is 0.705. The molecule has 92 valence electrons. The summed E-state index contributed by atoms with van der Waals surface area (Å²) in [5.74, 6) is 0. The van der Waals surface area contributed by atoms with E-state index in [9.17, 15) is 4.79 Å². The molecular weight excluding hydrogens is 224 g/mol. The lowest BCUT2D eigenvalue weighted by Crippen LogP contribution is -1.93. The topological polar surface area (TPSA) is 26.3 Å². The molecule has 0 amide bonds. The highest BCUT2D eigenvalue weighted by molar-refractivity contribution is 5.78. The van der Waals surface area contributed by atoms with Crippen molar-refractivity contribution < 1.29 is 9.53 Å². The molecule has 0 aliphatic rings. The number of carbonyl (C=O) groups excluding carboxylic acids is 1. The number of rotatable bonds is 5. The van der Waals surface area contributed by atoms with Gasteiger partial charge in [0.2, 0.25) is 0 Å². The molecular formula is C16H16O2. The first-order valence-electron chi connectivity index (χ1n) is 5.97. The quantitative estimate of drug-likeness (QED) is 0.749. The Labute approximate surface area is 107 Å². The third-order valence-corrected chi connectivity index (χ3v) is 2.90. The van der Waals surface area contributed by atoms with Crippen molar-refractivity contribution in [2.45, 2.75) is 6.42 Å². The summed E-state index contributed by atoms with van der Waals surface area (Å²) in [6.07, 6.45) is 1.79. The largest absolute Gasteiger partial charge is 0.384 e. The van der Waals surface area contributed by atoms with Crippen LogP contribution in [0.3, 0.4) is 0 Å². The van der Waals surface area contributed by atoms with E-state index < -0.39 is 0 Å². The van der Waals surface area contributed by atoms with Gasteiger partial charge in [-0.2, -0.15) is 0 Å². The minimum Gasteiger partial charge on any atom is -0.384 e. The summed E-state index contributed by atoms with van der Waals surface area (Å²) >= 11 is 0. The van der Waals surface area contributed by atoms with Crippen molar-refractivity contribution in [1.29, 1.82) is 0 Å². The predicted octanol–water partition coefficient (Wildman–Crippen LogP) is 3.36. The fourth-order valence-corrected chi connectivity index (χ4v) is 1.88. The molecule has 0 radical (unpaired) electrons. The molecule has 0 unspecified atom stereocenters. The van der Waals surface area contributed by atoms with Crippen LogP contribution in [-0.4, -0.2) is 20.0 Å². The average Bonchev–Trinajstić information content (AvgIpc) is 2.46. The Morgan fingerprint density at radius 1 is 1.06 bits per heavy atom. The predicted molar refractivity (Wildman–Crippen MR) is 72.8 cm³/mol. The van der Waals surface area contributed by atoms with E-state index in [1.165, 1.54) is 5.56 Å². The van der Waals surface area contributed by atoms with E-state index >= 15 is 0 Å². The Kier molecular flexibility index (Phi) is 4.26. The standard InChI is InChI=1S/C16H16O2/c1-18-10-9-13-5-7-15(8-6-13)16-4-2-3-14(11-16)12-17/h2-8,11-12H,9-10H2,1H3. The highest BCUT2D eigenvalue weighted by Gasteiger charge is 1.99. The van der Waals surface area contributed by atoms with Crippen LogP contribution in [0.15, 0.2) is 48.5 Å². The second kappa shape index (κ2) is 6.12. The summed E-state index contributed by atoms with van der Waals surface area (Å²) in [4.78, 5) is 10.7. The van der Waals surface area contributed by atoms with Crippen LogP contribution in [0.5, 0.6) is 0 Å². The van der Waals surface area contributed by atoms with E-state index in [4.69, 9.17) is 4.74 Å². The lowest BCUT2D eigenvalue weighted by Gasteiger charge is -2.05. The summed E-state index contributed by atoms with van der Waals surface area (Å²) < 4.78 is 5.05. The number of benzene rings is 2. The first-order chi connectivity index (χ1) is 8.83. The number of aldehydes is 1. The van der Waals surface area contributed by atoms with Crippen molar-refractivity contribution in [3.63, 3.8) is 0 Å². The summed E-state index contributed by atoms with van der Waals surface area (Å²) in [7, 11) is 1.71. The van der Waals surface area contributed by atoms with E-state index in [1.807, 2.05) is 24.3 Å². The molecule has 0 heterocycles. The molecule has 0 saturated heterocycles. The number of hydrogen-bond acceptors (Lipinski definition) is 2.